The molecule has 5 nitrogen and oxygen atoms in total. The van der Waals surface area contributed by atoms with Crippen molar-refractivity contribution >= 4 is 54.6 Å². The summed E-state index contributed by atoms with van der Waals surface area (Å²) in [7, 11) is 1.70. The van der Waals surface area contributed by atoms with Crippen molar-refractivity contribution in [3.8, 4) is 28.4 Å². The average molecular weight is 567 g/mol. The number of benzene rings is 6. The zero-order chi connectivity index (χ0) is 29.2. The van der Waals surface area contributed by atoms with Gasteiger partial charge in [-0.25, -0.2) is 4.98 Å². The van der Waals surface area contributed by atoms with E-state index in [2.05, 4.69) is 106 Å². The molecule has 0 bridgehead atoms. The maximum atomic E-state index is 5.50. The topological polar surface area (TPSA) is 44.9 Å². The van der Waals surface area contributed by atoms with Crippen molar-refractivity contribution in [2.45, 2.75) is 0 Å². The molecule has 0 aliphatic heterocycles. The van der Waals surface area contributed by atoms with Crippen LogP contribution in [0.2, 0.25) is 0 Å². The molecule has 0 saturated carbocycles. The summed E-state index contributed by atoms with van der Waals surface area (Å²) in [4.78, 5) is 9.64. The van der Waals surface area contributed by atoms with Gasteiger partial charge in [-0.3, -0.25) is 4.98 Å². The Bertz CT molecular complexity index is 2540. The van der Waals surface area contributed by atoms with Gasteiger partial charge in [-0.1, -0.05) is 72.8 Å². The van der Waals surface area contributed by atoms with Crippen LogP contribution in [0.1, 0.15) is 0 Å². The molecule has 5 heteroatoms. The van der Waals surface area contributed by atoms with Crippen molar-refractivity contribution in [2.24, 2.45) is 0 Å². The summed E-state index contributed by atoms with van der Waals surface area (Å²) in [6, 6.07) is 46.8. The quantitative estimate of drug-likeness (QED) is 0.213. The predicted octanol–water partition coefficient (Wildman–Crippen LogP) is 9.50. The van der Waals surface area contributed by atoms with Crippen LogP contribution in [0.3, 0.4) is 0 Å². The summed E-state index contributed by atoms with van der Waals surface area (Å²) in [6.07, 6.45) is 1.87. The van der Waals surface area contributed by atoms with Crippen LogP contribution in [-0.4, -0.2) is 26.2 Å². The number of methoxy groups -OCH3 is 1. The van der Waals surface area contributed by atoms with Crippen LogP contribution < -0.4 is 4.74 Å². The van der Waals surface area contributed by atoms with Gasteiger partial charge in [-0.2, -0.15) is 0 Å². The highest BCUT2D eigenvalue weighted by atomic mass is 16.5. The maximum absolute atomic E-state index is 5.50. The largest absolute Gasteiger partial charge is 0.497 e. The Morgan fingerprint density at radius 2 is 1.14 bits per heavy atom. The molecule has 0 radical (unpaired) electrons. The predicted molar refractivity (Wildman–Crippen MR) is 180 cm³/mol. The average Bonchev–Trinajstić information content (AvgIpc) is 3.61. The van der Waals surface area contributed by atoms with E-state index in [0.717, 1.165) is 56.0 Å². The van der Waals surface area contributed by atoms with Crippen molar-refractivity contribution in [1.82, 2.24) is 19.1 Å². The number of para-hydroxylation sites is 4. The highest BCUT2D eigenvalue weighted by molar-refractivity contribution is 6.23. The minimum Gasteiger partial charge on any atom is -0.497 e. The van der Waals surface area contributed by atoms with E-state index in [1.165, 1.54) is 27.1 Å². The SMILES string of the molecule is COc1ccc(-n2c3ccccc3c3ccc4c5ccccc5n(-c5cccc(-c6cnc7ccccc7n6)c5)c4c32)cc1. The second-order valence-corrected chi connectivity index (χ2v) is 11.1. The molecule has 9 rings (SSSR count). The van der Waals surface area contributed by atoms with Crippen LogP contribution in [0.15, 0.2) is 140 Å². The number of aromatic nitrogens is 4. The summed E-state index contributed by atoms with van der Waals surface area (Å²) in [6.45, 7) is 0. The first kappa shape index (κ1) is 24.6. The molecule has 9 aromatic rings. The summed E-state index contributed by atoms with van der Waals surface area (Å²) in [5.74, 6) is 0.836. The molecule has 0 aliphatic rings. The second-order valence-electron chi connectivity index (χ2n) is 11.1. The number of rotatable bonds is 4. The molecule has 0 amide bonds. The number of hydrogen-bond acceptors (Lipinski definition) is 3. The zero-order valence-electron chi connectivity index (χ0n) is 24.0. The Hall–Kier alpha value is -5.94. The van der Waals surface area contributed by atoms with Gasteiger partial charge in [-0.05, 0) is 60.7 Å². The normalized spacial score (nSPS) is 11.8. The third-order valence-electron chi connectivity index (χ3n) is 8.65. The van der Waals surface area contributed by atoms with E-state index in [1.54, 1.807) is 7.11 Å². The van der Waals surface area contributed by atoms with E-state index in [-0.39, 0.29) is 0 Å². The van der Waals surface area contributed by atoms with Gasteiger partial charge in [-0.15, -0.1) is 0 Å². The smallest absolute Gasteiger partial charge is 0.119 e. The summed E-state index contributed by atoms with van der Waals surface area (Å²) in [5.41, 5.74) is 10.5. The van der Waals surface area contributed by atoms with E-state index >= 15 is 0 Å². The van der Waals surface area contributed by atoms with Crippen molar-refractivity contribution in [2.75, 3.05) is 7.11 Å². The Balaban J connectivity index is 1.39. The monoisotopic (exact) mass is 566 g/mol. The summed E-state index contributed by atoms with van der Waals surface area (Å²) < 4.78 is 10.3. The lowest BCUT2D eigenvalue weighted by Gasteiger charge is -2.14. The zero-order valence-corrected chi connectivity index (χ0v) is 24.0. The first-order valence-corrected chi connectivity index (χ1v) is 14.7. The van der Waals surface area contributed by atoms with Crippen LogP contribution in [0, 0.1) is 0 Å². The molecule has 0 spiro atoms. The van der Waals surface area contributed by atoms with Crippen LogP contribution in [0.4, 0.5) is 0 Å². The highest BCUT2D eigenvalue weighted by Crippen LogP contribution is 2.42. The fourth-order valence-electron chi connectivity index (χ4n) is 6.67. The molecule has 3 aromatic heterocycles. The Morgan fingerprint density at radius 1 is 0.523 bits per heavy atom. The number of nitrogens with zero attached hydrogens (tertiary/aromatic N) is 4. The molecule has 208 valence electrons. The molecule has 0 unspecified atom stereocenters. The van der Waals surface area contributed by atoms with Gasteiger partial charge in [0.1, 0.15) is 5.75 Å². The molecule has 0 N–H and O–H groups in total. The Labute approximate surface area is 253 Å². The summed E-state index contributed by atoms with van der Waals surface area (Å²) >= 11 is 0. The molecule has 0 aliphatic carbocycles. The van der Waals surface area contributed by atoms with E-state index in [0.29, 0.717) is 0 Å². The molecule has 3 heterocycles. The van der Waals surface area contributed by atoms with Crippen molar-refractivity contribution in [3.05, 3.63) is 140 Å². The molecule has 44 heavy (non-hydrogen) atoms. The van der Waals surface area contributed by atoms with E-state index in [9.17, 15) is 0 Å². The van der Waals surface area contributed by atoms with Crippen LogP contribution >= 0.6 is 0 Å². The minimum atomic E-state index is 0.836. The fourth-order valence-corrected chi connectivity index (χ4v) is 6.67. The van der Waals surface area contributed by atoms with Crippen molar-refractivity contribution in [3.63, 3.8) is 0 Å². The van der Waals surface area contributed by atoms with Gasteiger partial charge in [0, 0.05) is 38.5 Å². The van der Waals surface area contributed by atoms with Crippen LogP contribution in [0.5, 0.6) is 5.75 Å². The number of fused-ring (bicyclic) bond motifs is 8. The van der Waals surface area contributed by atoms with Gasteiger partial charge < -0.3 is 13.9 Å². The first-order chi connectivity index (χ1) is 21.8. The molecule has 0 saturated heterocycles. The van der Waals surface area contributed by atoms with Gasteiger partial charge in [0.15, 0.2) is 0 Å². The fraction of sp³-hybridized carbons (Fsp3) is 0.0256. The highest BCUT2D eigenvalue weighted by Gasteiger charge is 2.21. The van der Waals surface area contributed by atoms with Gasteiger partial charge in [0.05, 0.1) is 52.1 Å². The number of ether oxygens (including phenoxy) is 1. The van der Waals surface area contributed by atoms with Gasteiger partial charge in [0.2, 0.25) is 0 Å². The van der Waals surface area contributed by atoms with Gasteiger partial charge in [0.25, 0.3) is 0 Å². The first-order valence-electron chi connectivity index (χ1n) is 14.7. The molecule has 6 aromatic carbocycles. The van der Waals surface area contributed by atoms with Crippen LogP contribution in [0.25, 0.3) is 77.3 Å². The molecular formula is C39H26N4O. The lowest BCUT2D eigenvalue weighted by atomic mass is 10.1. The summed E-state index contributed by atoms with van der Waals surface area (Å²) in [5, 5.41) is 4.86. The third kappa shape index (κ3) is 3.59. The number of hydrogen-bond donors (Lipinski definition) is 0. The van der Waals surface area contributed by atoms with E-state index < -0.39 is 0 Å². The standard InChI is InChI=1S/C39H26N4O/c1-44-28-19-17-26(18-20-28)42-36-15-6-2-11-29(36)31-21-22-32-30-12-3-7-16-37(30)43(39(32)38(31)42)27-10-8-9-25(23-27)35-24-40-33-13-4-5-14-34(33)41-35/h2-24H,1H3. The Kier molecular flexibility index (Phi) is 5.34. The molecule has 0 atom stereocenters. The van der Waals surface area contributed by atoms with E-state index in [1.807, 2.05) is 42.6 Å². The lowest BCUT2D eigenvalue weighted by molar-refractivity contribution is 0.415. The van der Waals surface area contributed by atoms with Crippen LogP contribution in [-0.2, 0) is 0 Å². The maximum Gasteiger partial charge on any atom is 0.119 e. The van der Waals surface area contributed by atoms with E-state index in [4.69, 9.17) is 14.7 Å². The third-order valence-corrected chi connectivity index (χ3v) is 8.65. The lowest BCUT2D eigenvalue weighted by Crippen LogP contribution is -1.99. The van der Waals surface area contributed by atoms with Gasteiger partial charge >= 0.3 is 0 Å². The van der Waals surface area contributed by atoms with Crippen molar-refractivity contribution in [1.29, 1.82) is 0 Å². The van der Waals surface area contributed by atoms with Crippen molar-refractivity contribution < 1.29 is 4.74 Å². The molecule has 0 fully saturated rings. The Morgan fingerprint density at radius 3 is 1.82 bits per heavy atom. The second kappa shape index (κ2) is 9.54. The molecular weight excluding hydrogens is 540 g/mol. The minimum absolute atomic E-state index is 0.836.